The molecule has 0 saturated heterocycles. The first-order valence-electron chi connectivity index (χ1n) is 10.2. The quantitative estimate of drug-likeness (QED) is 0.313. The summed E-state index contributed by atoms with van der Waals surface area (Å²) in [4.78, 5) is 33.0. The number of aromatic nitrogens is 2. The van der Waals surface area contributed by atoms with Crippen LogP contribution in [0.3, 0.4) is 0 Å². The lowest BCUT2D eigenvalue weighted by atomic mass is 9.97. The number of benzene rings is 1. The maximum Gasteiger partial charge on any atom is 0.263 e. The molecule has 1 aromatic carbocycles. The van der Waals surface area contributed by atoms with Crippen molar-refractivity contribution in [3.8, 4) is 6.07 Å². The van der Waals surface area contributed by atoms with E-state index in [1.807, 2.05) is 0 Å². The zero-order valence-electron chi connectivity index (χ0n) is 17.1. The smallest absolute Gasteiger partial charge is 0.263 e. The van der Waals surface area contributed by atoms with Gasteiger partial charge in [0.05, 0.1) is 22.8 Å². The molecule has 154 valence electrons. The number of carbonyl (C=O) groups is 1. The normalized spacial score (nSPS) is 13.4. The van der Waals surface area contributed by atoms with Gasteiger partial charge >= 0.3 is 0 Å². The zero-order valence-corrected chi connectivity index (χ0v) is 18.7. The van der Waals surface area contributed by atoms with Crippen LogP contribution < -0.4 is 5.56 Å². The van der Waals surface area contributed by atoms with Crippen molar-refractivity contribution in [2.45, 2.75) is 51.2 Å². The highest BCUT2D eigenvalue weighted by Crippen LogP contribution is 2.34. The van der Waals surface area contributed by atoms with Crippen molar-refractivity contribution in [3.63, 3.8) is 0 Å². The molecule has 0 amide bonds. The maximum absolute atomic E-state index is 13.4. The molecule has 0 atom stereocenters. The Morgan fingerprint density at radius 2 is 2.00 bits per heavy atom. The molecular formula is C23H23N3O2S2. The van der Waals surface area contributed by atoms with Crippen molar-refractivity contribution < 1.29 is 4.79 Å². The van der Waals surface area contributed by atoms with Crippen molar-refractivity contribution in [3.05, 3.63) is 56.2 Å². The first kappa shape index (κ1) is 20.8. The van der Waals surface area contributed by atoms with Gasteiger partial charge in [0, 0.05) is 17.0 Å². The molecule has 0 N–H and O–H groups in total. The fourth-order valence-corrected chi connectivity index (χ4v) is 6.01. The Morgan fingerprint density at radius 3 is 2.70 bits per heavy atom. The molecule has 0 aliphatic heterocycles. The Labute approximate surface area is 183 Å². The van der Waals surface area contributed by atoms with Crippen LogP contribution in [-0.4, -0.2) is 21.1 Å². The molecule has 2 heterocycles. The fraction of sp³-hybridized carbons (Fsp3) is 0.391. The van der Waals surface area contributed by atoms with E-state index in [2.05, 4.69) is 19.9 Å². The molecular weight excluding hydrogens is 414 g/mol. The Morgan fingerprint density at radius 1 is 1.27 bits per heavy atom. The van der Waals surface area contributed by atoms with E-state index < -0.39 is 0 Å². The Kier molecular flexibility index (Phi) is 6.07. The molecule has 1 aliphatic carbocycles. The molecule has 7 heteroatoms. The largest absolute Gasteiger partial charge is 0.293 e. The molecule has 0 radical (unpaired) electrons. The number of hydrogen-bond acceptors (Lipinski definition) is 6. The second-order valence-electron chi connectivity index (χ2n) is 8.00. The predicted octanol–water partition coefficient (Wildman–Crippen LogP) is 4.84. The molecule has 0 spiro atoms. The van der Waals surface area contributed by atoms with E-state index in [0.29, 0.717) is 28.7 Å². The van der Waals surface area contributed by atoms with Crippen LogP contribution in [0.5, 0.6) is 0 Å². The number of nitriles is 1. The Bertz CT molecular complexity index is 1200. The highest BCUT2D eigenvalue weighted by molar-refractivity contribution is 7.99. The van der Waals surface area contributed by atoms with E-state index in [4.69, 9.17) is 10.2 Å². The molecule has 4 rings (SSSR count). The van der Waals surface area contributed by atoms with Crippen LogP contribution in [-0.2, 0) is 19.4 Å². The first-order valence-corrected chi connectivity index (χ1v) is 12.0. The number of Topliss-reactive ketones (excluding diaryl/α,β-unsaturated/α-hetero) is 1. The van der Waals surface area contributed by atoms with Crippen LogP contribution in [0, 0.1) is 17.2 Å². The van der Waals surface area contributed by atoms with Gasteiger partial charge in [0.25, 0.3) is 5.56 Å². The third kappa shape index (κ3) is 4.07. The molecule has 0 unspecified atom stereocenters. The van der Waals surface area contributed by atoms with E-state index in [0.717, 1.165) is 29.5 Å². The van der Waals surface area contributed by atoms with Crippen molar-refractivity contribution in [2.24, 2.45) is 5.92 Å². The van der Waals surface area contributed by atoms with Crippen molar-refractivity contribution in [1.82, 2.24) is 9.55 Å². The number of rotatable bonds is 6. The van der Waals surface area contributed by atoms with E-state index in [1.165, 1.54) is 28.6 Å². The summed E-state index contributed by atoms with van der Waals surface area (Å²) in [5.74, 6) is 0.456. The van der Waals surface area contributed by atoms with Crippen LogP contribution in [0.25, 0.3) is 10.2 Å². The van der Waals surface area contributed by atoms with Gasteiger partial charge in [0.2, 0.25) is 0 Å². The first-order chi connectivity index (χ1) is 14.5. The van der Waals surface area contributed by atoms with Crippen LogP contribution in [0.15, 0.2) is 34.2 Å². The van der Waals surface area contributed by atoms with Gasteiger partial charge in [-0.25, -0.2) is 4.98 Å². The van der Waals surface area contributed by atoms with Crippen molar-refractivity contribution >= 4 is 39.1 Å². The highest BCUT2D eigenvalue weighted by Gasteiger charge is 2.23. The third-order valence-electron chi connectivity index (χ3n) is 5.26. The Hall–Kier alpha value is -2.43. The predicted molar refractivity (Wildman–Crippen MR) is 122 cm³/mol. The van der Waals surface area contributed by atoms with Gasteiger partial charge in [-0.15, -0.1) is 11.3 Å². The number of thiophene rings is 1. The molecule has 3 aromatic rings. The van der Waals surface area contributed by atoms with Gasteiger partial charge in [-0.1, -0.05) is 37.7 Å². The van der Waals surface area contributed by atoms with Crippen LogP contribution in [0.4, 0.5) is 0 Å². The van der Waals surface area contributed by atoms with Crippen molar-refractivity contribution in [2.75, 3.05) is 5.75 Å². The van der Waals surface area contributed by atoms with E-state index in [9.17, 15) is 9.59 Å². The second-order valence-corrected chi connectivity index (χ2v) is 10.0. The van der Waals surface area contributed by atoms with Gasteiger partial charge in [-0.05, 0) is 49.3 Å². The van der Waals surface area contributed by atoms with Crippen molar-refractivity contribution in [1.29, 1.82) is 5.26 Å². The summed E-state index contributed by atoms with van der Waals surface area (Å²) in [5.41, 5.74) is 2.31. The zero-order chi connectivity index (χ0) is 21.3. The average molecular weight is 438 g/mol. The molecule has 0 saturated carbocycles. The number of carbonyl (C=O) groups excluding carboxylic acids is 1. The minimum absolute atomic E-state index is 0.0291. The summed E-state index contributed by atoms with van der Waals surface area (Å²) in [7, 11) is 0. The van der Waals surface area contributed by atoms with Gasteiger partial charge in [0.15, 0.2) is 10.9 Å². The third-order valence-corrected chi connectivity index (χ3v) is 7.42. The summed E-state index contributed by atoms with van der Waals surface area (Å²) in [6.45, 7) is 4.74. The summed E-state index contributed by atoms with van der Waals surface area (Å²) in [6, 6.07) is 8.70. The molecule has 0 bridgehead atoms. The molecule has 30 heavy (non-hydrogen) atoms. The molecule has 2 aromatic heterocycles. The minimum atomic E-state index is -0.0413. The summed E-state index contributed by atoms with van der Waals surface area (Å²) in [6.07, 6.45) is 4.27. The minimum Gasteiger partial charge on any atom is -0.293 e. The van der Waals surface area contributed by atoms with E-state index in [1.54, 1.807) is 40.2 Å². The lowest BCUT2D eigenvalue weighted by Gasteiger charge is -2.15. The van der Waals surface area contributed by atoms with Gasteiger partial charge < -0.3 is 0 Å². The van der Waals surface area contributed by atoms with Crippen LogP contribution in [0.2, 0.25) is 0 Å². The average Bonchev–Trinajstić information content (AvgIpc) is 3.12. The lowest BCUT2D eigenvalue weighted by molar-refractivity contribution is 0.102. The summed E-state index contributed by atoms with van der Waals surface area (Å²) in [5, 5.41) is 10.3. The second kappa shape index (κ2) is 8.75. The number of hydrogen-bond donors (Lipinski definition) is 0. The topological polar surface area (TPSA) is 75.8 Å². The number of thioether (sulfide) groups is 1. The number of fused-ring (bicyclic) bond motifs is 3. The van der Waals surface area contributed by atoms with Crippen LogP contribution >= 0.6 is 23.1 Å². The van der Waals surface area contributed by atoms with Gasteiger partial charge in [-0.2, -0.15) is 5.26 Å². The molecule has 1 aliphatic rings. The summed E-state index contributed by atoms with van der Waals surface area (Å²) < 4.78 is 1.76. The number of ketones is 1. The van der Waals surface area contributed by atoms with Gasteiger partial charge in [-0.3, -0.25) is 14.2 Å². The maximum atomic E-state index is 13.4. The highest BCUT2D eigenvalue weighted by atomic mass is 32.2. The Balaban J connectivity index is 1.67. The monoisotopic (exact) mass is 437 g/mol. The van der Waals surface area contributed by atoms with Gasteiger partial charge in [0.1, 0.15) is 4.83 Å². The van der Waals surface area contributed by atoms with E-state index in [-0.39, 0.29) is 17.1 Å². The SMILES string of the molecule is CC(C)Cn1c(SCC(=O)c2ccc(C#N)cc2)nc2sc3c(c2c1=O)CCCC3. The van der Waals surface area contributed by atoms with E-state index >= 15 is 0 Å². The fourth-order valence-electron chi connectivity index (χ4n) is 3.80. The molecule has 5 nitrogen and oxygen atoms in total. The number of aryl methyl sites for hydroxylation is 2. The lowest BCUT2D eigenvalue weighted by Crippen LogP contribution is -2.26. The van der Waals surface area contributed by atoms with Crippen LogP contribution in [0.1, 0.15) is 53.1 Å². The standard InChI is InChI=1S/C23H23N3O2S2/c1-14(2)12-26-22(28)20-17-5-3-4-6-19(17)30-21(20)25-23(26)29-13-18(27)16-9-7-15(11-24)8-10-16/h7-10,14H,3-6,12-13H2,1-2H3. The molecule has 0 fully saturated rings. The number of nitrogens with zero attached hydrogens (tertiary/aromatic N) is 3. The summed E-state index contributed by atoms with van der Waals surface area (Å²) >= 11 is 2.96.